The Morgan fingerprint density at radius 2 is 2.11 bits per heavy atom. The second-order valence-electron chi connectivity index (χ2n) is 8.23. The van der Waals surface area contributed by atoms with Crippen molar-refractivity contribution in [1.82, 2.24) is 20.9 Å². The molecule has 7 nitrogen and oxygen atoms in total. The topological polar surface area (TPSA) is 90.5 Å². The van der Waals surface area contributed by atoms with E-state index in [1.807, 2.05) is 30.0 Å². The largest absolute Gasteiger partial charge is 0.322 e. The van der Waals surface area contributed by atoms with Gasteiger partial charge in [-0.25, -0.2) is 0 Å². The predicted octanol–water partition coefficient (Wildman–Crippen LogP) is 0.385. The van der Waals surface area contributed by atoms with Gasteiger partial charge in [-0.3, -0.25) is 19.7 Å². The minimum atomic E-state index is -0.560. The van der Waals surface area contributed by atoms with E-state index < -0.39 is 6.04 Å². The molecule has 3 N–H and O–H groups in total. The Bertz CT molecular complexity index is 854. The van der Waals surface area contributed by atoms with Crippen molar-refractivity contribution in [1.29, 1.82) is 0 Å². The fourth-order valence-corrected chi connectivity index (χ4v) is 6.23. The summed E-state index contributed by atoms with van der Waals surface area (Å²) >= 11 is 2.05. The van der Waals surface area contributed by atoms with Crippen LogP contribution in [0.1, 0.15) is 40.7 Å². The first-order valence-corrected chi connectivity index (χ1v) is 10.9. The molecule has 4 aliphatic rings. The van der Waals surface area contributed by atoms with Gasteiger partial charge in [0.05, 0.1) is 0 Å². The van der Waals surface area contributed by atoms with E-state index in [4.69, 9.17) is 0 Å². The van der Waals surface area contributed by atoms with E-state index in [1.54, 1.807) is 4.90 Å². The quantitative estimate of drug-likeness (QED) is 0.634. The van der Waals surface area contributed by atoms with Crippen LogP contribution in [0.15, 0.2) is 18.2 Å². The number of amides is 3. The minimum absolute atomic E-state index is 0.0950. The molecule has 0 bridgehead atoms. The first-order valence-electron chi connectivity index (χ1n) is 9.88. The maximum absolute atomic E-state index is 13.1. The van der Waals surface area contributed by atoms with Crippen molar-refractivity contribution in [3.8, 4) is 0 Å². The van der Waals surface area contributed by atoms with Crippen LogP contribution in [-0.4, -0.2) is 58.3 Å². The molecule has 2 unspecified atom stereocenters. The summed E-state index contributed by atoms with van der Waals surface area (Å²) in [4.78, 5) is 38.4. The normalized spacial score (nSPS) is 28.4. The van der Waals surface area contributed by atoms with Crippen molar-refractivity contribution >= 4 is 29.5 Å². The molecule has 8 heteroatoms. The number of piperidine rings is 1. The molecule has 2 atom stereocenters. The van der Waals surface area contributed by atoms with Gasteiger partial charge in [0.2, 0.25) is 11.8 Å². The zero-order valence-corrected chi connectivity index (χ0v) is 16.4. The Kier molecular flexibility index (Phi) is 4.45. The zero-order valence-electron chi connectivity index (χ0n) is 15.6. The number of nitrogens with one attached hydrogen (secondary N) is 3. The fraction of sp³-hybridized carbons (Fsp3) is 0.550. The van der Waals surface area contributed by atoms with Crippen molar-refractivity contribution in [2.75, 3.05) is 18.8 Å². The molecule has 0 aromatic heterocycles. The Balaban J connectivity index is 1.29. The van der Waals surface area contributed by atoms with E-state index in [0.29, 0.717) is 30.3 Å². The van der Waals surface area contributed by atoms with Gasteiger partial charge >= 0.3 is 0 Å². The van der Waals surface area contributed by atoms with Crippen LogP contribution in [0.3, 0.4) is 0 Å². The second kappa shape index (κ2) is 6.86. The summed E-state index contributed by atoms with van der Waals surface area (Å²) in [6.45, 7) is 3.28. The molecular formula is C20H24N4O3S. The number of imide groups is 1. The minimum Gasteiger partial charge on any atom is -0.322 e. The molecule has 5 rings (SSSR count). The van der Waals surface area contributed by atoms with Crippen molar-refractivity contribution in [2.45, 2.75) is 49.2 Å². The zero-order chi connectivity index (χ0) is 19.3. The molecule has 3 amide bonds. The van der Waals surface area contributed by atoms with Gasteiger partial charge in [0, 0.05) is 54.7 Å². The Labute approximate surface area is 168 Å². The number of hydrogen-bond donors (Lipinski definition) is 3. The molecule has 0 radical (unpaired) electrons. The highest BCUT2D eigenvalue weighted by Gasteiger charge is 2.44. The summed E-state index contributed by atoms with van der Waals surface area (Å²) in [5.41, 5.74) is 2.69. The number of rotatable bonds is 4. The molecule has 4 aliphatic heterocycles. The molecule has 28 heavy (non-hydrogen) atoms. The third-order valence-corrected chi connectivity index (χ3v) is 7.96. The van der Waals surface area contributed by atoms with Crippen LogP contribution in [-0.2, 0) is 22.7 Å². The van der Waals surface area contributed by atoms with Crippen molar-refractivity contribution in [2.24, 2.45) is 0 Å². The van der Waals surface area contributed by atoms with Gasteiger partial charge in [-0.05, 0) is 24.0 Å². The molecule has 3 saturated heterocycles. The smallest absolute Gasteiger partial charge is 0.255 e. The lowest BCUT2D eigenvalue weighted by atomic mass is 9.94. The van der Waals surface area contributed by atoms with Crippen LogP contribution in [0.25, 0.3) is 0 Å². The van der Waals surface area contributed by atoms with Crippen LogP contribution in [0.5, 0.6) is 0 Å². The number of thioether (sulfide) groups is 1. The molecule has 148 valence electrons. The molecule has 1 aromatic carbocycles. The van der Waals surface area contributed by atoms with Gasteiger partial charge in [0.25, 0.3) is 5.91 Å². The SMILES string of the molecule is O=C1CCC(N2Cc3cccc(CNC4CSC5(CNC5)C4)c3C2=O)C(=O)N1. The van der Waals surface area contributed by atoms with Gasteiger partial charge in [-0.1, -0.05) is 18.2 Å². The summed E-state index contributed by atoms with van der Waals surface area (Å²) in [5, 5.41) is 9.36. The standard InChI is InChI=1S/C20H24N4O3S/c25-16-5-4-15(18(26)23-16)24-8-13-3-1-2-12(17(13)19(24)27)7-22-14-6-20(28-9-14)10-21-11-20/h1-3,14-15,21-22H,4-11H2,(H,23,25,26). The van der Waals surface area contributed by atoms with Crippen molar-refractivity contribution < 1.29 is 14.4 Å². The Hall–Kier alpha value is -1.90. The highest BCUT2D eigenvalue weighted by Crippen LogP contribution is 2.41. The monoisotopic (exact) mass is 400 g/mol. The lowest BCUT2D eigenvalue weighted by Gasteiger charge is -2.38. The number of carbonyl (C=O) groups excluding carboxylic acids is 3. The Morgan fingerprint density at radius 1 is 1.25 bits per heavy atom. The van der Waals surface area contributed by atoms with Gasteiger partial charge < -0.3 is 15.5 Å². The van der Waals surface area contributed by atoms with Crippen LogP contribution in [0.2, 0.25) is 0 Å². The lowest BCUT2D eigenvalue weighted by molar-refractivity contribution is -0.136. The average molecular weight is 401 g/mol. The van der Waals surface area contributed by atoms with E-state index in [2.05, 4.69) is 16.0 Å². The molecule has 0 aliphatic carbocycles. The Morgan fingerprint density at radius 3 is 2.82 bits per heavy atom. The van der Waals surface area contributed by atoms with E-state index in [1.165, 1.54) is 0 Å². The number of fused-ring (bicyclic) bond motifs is 1. The maximum atomic E-state index is 13.1. The highest BCUT2D eigenvalue weighted by molar-refractivity contribution is 8.01. The molecule has 3 fully saturated rings. The van der Waals surface area contributed by atoms with Crippen molar-refractivity contribution in [3.63, 3.8) is 0 Å². The summed E-state index contributed by atoms with van der Waals surface area (Å²) in [6, 6.07) is 5.85. The molecule has 1 spiro atoms. The third kappa shape index (κ3) is 3.03. The fourth-order valence-electron chi connectivity index (χ4n) is 4.72. The number of carbonyl (C=O) groups is 3. The molecular weight excluding hydrogens is 376 g/mol. The molecule has 1 aromatic rings. The highest BCUT2D eigenvalue weighted by atomic mass is 32.2. The summed E-state index contributed by atoms with van der Waals surface area (Å²) in [5.74, 6) is 0.388. The summed E-state index contributed by atoms with van der Waals surface area (Å²) < 4.78 is 0.411. The van der Waals surface area contributed by atoms with Crippen LogP contribution in [0.4, 0.5) is 0 Å². The average Bonchev–Trinajstić information content (AvgIpc) is 3.23. The van der Waals surface area contributed by atoms with E-state index in [9.17, 15) is 14.4 Å². The predicted molar refractivity (Wildman–Crippen MR) is 106 cm³/mol. The van der Waals surface area contributed by atoms with Crippen LogP contribution in [0, 0.1) is 0 Å². The van der Waals surface area contributed by atoms with Crippen LogP contribution >= 0.6 is 11.8 Å². The van der Waals surface area contributed by atoms with Gasteiger partial charge in [-0.15, -0.1) is 0 Å². The summed E-state index contributed by atoms with van der Waals surface area (Å²) in [7, 11) is 0. The van der Waals surface area contributed by atoms with Crippen LogP contribution < -0.4 is 16.0 Å². The third-order valence-electron chi connectivity index (χ3n) is 6.32. The van der Waals surface area contributed by atoms with Gasteiger partial charge in [-0.2, -0.15) is 11.8 Å². The number of nitrogens with zero attached hydrogens (tertiary/aromatic N) is 1. The first kappa shape index (κ1) is 18.1. The molecule has 4 heterocycles. The van der Waals surface area contributed by atoms with E-state index in [-0.39, 0.29) is 24.1 Å². The van der Waals surface area contributed by atoms with Gasteiger partial charge in [0.15, 0.2) is 0 Å². The van der Waals surface area contributed by atoms with Gasteiger partial charge in [0.1, 0.15) is 6.04 Å². The van der Waals surface area contributed by atoms with E-state index in [0.717, 1.165) is 42.0 Å². The molecule has 0 saturated carbocycles. The first-order chi connectivity index (χ1) is 13.5. The van der Waals surface area contributed by atoms with Crippen molar-refractivity contribution in [3.05, 3.63) is 34.9 Å². The lowest BCUT2D eigenvalue weighted by Crippen LogP contribution is -2.56. The summed E-state index contributed by atoms with van der Waals surface area (Å²) in [6.07, 6.45) is 1.84. The number of hydrogen-bond acceptors (Lipinski definition) is 6. The van der Waals surface area contributed by atoms with E-state index >= 15 is 0 Å². The number of benzene rings is 1. The maximum Gasteiger partial charge on any atom is 0.255 e. The second-order valence-corrected chi connectivity index (χ2v) is 9.72.